The predicted molar refractivity (Wildman–Crippen MR) is 71.2 cm³/mol. The largest absolute Gasteiger partial charge is 0.0848 e. The van der Waals surface area contributed by atoms with Crippen LogP contribution in [0, 0.1) is 0 Å². The summed E-state index contributed by atoms with van der Waals surface area (Å²) < 4.78 is 0. The maximum Gasteiger partial charge on any atom is -0.0348 e. The minimum atomic E-state index is 1.14. The molecule has 0 aromatic heterocycles. The summed E-state index contributed by atoms with van der Waals surface area (Å²) in [5.41, 5.74) is 0. The van der Waals surface area contributed by atoms with Gasteiger partial charge in [0.25, 0.3) is 0 Å². The van der Waals surface area contributed by atoms with Crippen molar-refractivity contribution in [3.8, 4) is 0 Å². The molecule has 0 heteroatoms. The zero-order valence-corrected chi connectivity index (χ0v) is 10.7. The molecule has 0 nitrogen and oxygen atoms in total. The molecule has 0 atom stereocenters. The average molecular weight is 208 g/mol. The molecule has 88 valence electrons. The maximum atomic E-state index is 2.29. The Balaban J connectivity index is 3.04. The smallest absolute Gasteiger partial charge is 0.0348 e. The van der Waals surface area contributed by atoms with Crippen LogP contribution in [0.2, 0.25) is 0 Å². The molecule has 0 bridgehead atoms. The number of allylic oxidation sites excluding steroid dienone is 4. The normalized spacial score (nSPS) is 11.9. The summed E-state index contributed by atoms with van der Waals surface area (Å²) in [7, 11) is 0. The minimum Gasteiger partial charge on any atom is -0.0848 e. The second kappa shape index (κ2) is 13.5. The van der Waals surface area contributed by atoms with Gasteiger partial charge in [-0.1, -0.05) is 76.7 Å². The zero-order valence-electron chi connectivity index (χ0n) is 10.7. The summed E-state index contributed by atoms with van der Waals surface area (Å²) in [4.78, 5) is 0. The van der Waals surface area contributed by atoms with Crippen molar-refractivity contribution in [3.05, 3.63) is 24.3 Å². The highest BCUT2D eigenvalue weighted by Gasteiger charge is 1.88. The molecule has 15 heavy (non-hydrogen) atoms. The van der Waals surface area contributed by atoms with E-state index < -0.39 is 0 Å². The van der Waals surface area contributed by atoms with Gasteiger partial charge in [-0.15, -0.1) is 0 Å². The van der Waals surface area contributed by atoms with Gasteiger partial charge in [-0.2, -0.15) is 0 Å². The molecule has 0 aliphatic carbocycles. The van der Waals surface area contributed by atoms with Crippen LogP contribution in [0.5, 0.6) is 0 Å². The van der Waals surface area contributed by atoms with Crippen LogP contribution >= 0.6 is 0 Å². The third-order valence-electron chi connectivity index (χ3n) is 2.59. The van der Waals surface area contributed by atoms with Crippen molar-refractivity contribution in [1.82, 2.24) is 0 Å². The van der Waals surface area contributed by atoms with Crippen molar-refractivity contribution in [2.75, 3.05) is 0 Å². The van der Waals surface area contributed by atoms with E-state index in [-0.39, 0.29) is 0 Å². The Morgan fingerprint density at radius 3 is 1.93 bits per heavy atom. The number of hydrogen-bond donors (Lipinski definition) is 0. The lowest BCUT2D eigenvalue weighted by Gasteiger charge is -1.98. The van der Waals surface area contributed by atoms with E-state index in [1.165, 1.54) is 51.4 Å². The second-order valence-corrected chi connectivity index (χ2v) is 4.17. The van der Waals surface area contributed by atoms with Gasteiger partial charge in [0.15, 0.2) is 0 Å². The lowest BCUT2D eigenvalue weighted by atomic mass is 10.1. The van der Waals surface area contributed by atoms with Crippen LogP contribution in [0.4, 0.5) is 0 Å². The fourth-order valence-corrected chi connectivity index (χ4v) is 1.61. The SMILES string of the molecule is CC/C=C/C=C/CCCCCCCCC. The van der Waals surface area contributed by atoms with E-state index in [2.05, 4.69) is 38.2 Å². The zero-order chi connectivity index (χ0) is 11.2. The van der Waals surface area contributed by atoms with Crippen molar-refractivity contribution >= 4 is 0 Å². The van der Waals surface area contributed by atoms with E-state index in [9.17, 15) is 0 Å². The Kier molecular flexibility index (Phi) is 13.0. The van der Waals surface area contributed by atoms with Gasteiger partial charge in [0.1, 0.15) is 0 Å². The highest BCUT2D eigenvalue weighted by Crippen LogP contribution is 2.08. The highest BCUT2D eigenvalue weighted by atomic mass is 13.9. The molecular formula is C15H28. The third-order valence-corrected chi connectivity index (χ3v) is 2.59. The van der Waals surface area contributed by atoms with Crippen LogP contribution in [0.15, 0.2) is 24.3 Å². The van der Waals surface area contributed by atoms with E-state index in [0.717, 1.165) is 6.42 Å². The van der Waals surface area contributed by atoms with Gasteiger partial charge in [-0.25, -0.2) is 0 Å². The predicted octanol–water partition coefficient (Wildman–Crippen LogP) is 5.65. The Bertz CT molecular complexity index is 153. The first-order chi connectivity index (χ1) is 7.41. The van der Waals surface area contributed by atoms with Crippen LogP contribution in [0.25, 0.3) is 0 Å². The summed E-state index contributed by atoms with van der Waals surface area (Å²) >= 11 is 0. The van der Waals surface area contributed by atoms with Crippen molar-refractivity contribution < 1.29 is 0 Å². The number of hydrogen-bond acceptors (Lipinski definition) is 0. The number of unbranched alkanes of at least 4 members (excludes halogenated alkanes) is 7. The topological polar surface area (TPSA) is 0 Å². The molecule has 0 rings (SSSR count). The molecule has 0 fully saturated rings. The molecule has 0 heterocycles. The summed E-state index contributed by atoms with van der Waals surface area (Å²) in [6.07, 6.45) is 21.1. The minimum absolute atomic E-state index is 1.14. The first kappa shape index (κ1) is 14.5. The third kappa shape index (κ3) is 13.5. The van der Waals surface area contributed by atoms with Crippen molar-refractivity contribution in [3.63, 3.8) is 0 Å². The molecule has 0 aliphatic heterocycles. The van der Waals surface area contributed by atoms with Crippen LogP contribution in [-0.4, -0.2) is 0 Å². The molecule has 0 aromatic rings. The lowest BCUT2D eigenvalue weighted by molar-refractivity contribution is 0.592. The van der Waals surface area contributed by atoms with Crippen molar-refractivity contribution in [1.29, 1.82) is 0 Å². The first-order valence-corrected chi connectivity index (χ1v) is 6.73. The fourth-order valence-electron chi connectivity index (χ4n) is 1.61. The fraction of sp³-hybridized carbons (Fsp3) is 0.733. The Morgan fingerprint density at radius 2 is 1.27 bits per heavy atom. The van der Waals surface area contributed by atoms with Gasteiger partial charge in [0, 0.05) is 0 Å². The van der Waals surface area contributed by atoms with Gasteiger partial charge in [0.05, 0.1) is 0 Å². The monoisotopic (exact) mass is 208 g/mol. The summed E-state index contributed by atoms with van der Waals surface area (Å²) in [6, 6.07) is 0. The van der Waals surface area contributed by atoms with Gasteiger partial charge >= 0.3 is 0 Å². The molecule has 0 N–H and O–H groups in total. The molecule has 0 saturated heterocycles. The quantitative estimate of drug-likeness (QED) is 0.321. The highest BCUT2D eigenvalue weighted by molar-refractivity contribution is 5.01. The van der Waals surface area contributed by atoms with Crippen LogP contribution in [0.1, 0.15) is 71.6 Å². The van der Waals surface area contributed by atoms with E-state index in [0.29, 0.717) is 0 Å². The molecule has 0 radical (unpaired) electrons. The van der Waals surface area contributed by atoms with E-state index >= 15 is 0 Å². The summed E-state index contributed by atoms with van der Waals surface area (Å²) in [5, 5.41) is 0. The van der Waals surface area contributed by atoms with E-state index in [1.54, 1.807) is 0 Å². The van der Waals surface area contributed by atoms with Gasteiger partial charge in [-0.05, 0) is 19.3 Å². The molecule has 0 aromatic carbocycles. The van der Waals surface area contributed by atoms with Crippen LogP contribution < -0.4 is 0 Å². The molecular weight excluding hydrogens is 180 g/mol. The first-order valence-electron chi connectivity index (χ1n) is 6.73. The van der Waals surface area contributed by atoms with Crippen molar-refractivity contribution in [2.24, 2.45) is 0 Å². The Labute approximate surface area is 96.5 Å². The Morgan fingerprint density at radius 1 is 0.667 bits per heavy atom. The summed E-state index contributed by atoms with van der Waals surface area (Å²) in [5.74, 6) is 0. The van der Waals surface area contributed by atoms with E-state index in [1.807, 2.05) is 0 Å². The van der Waals surface area contributed by atoms with Gasteiger partial charge in [-0.3, -0.25) is 0 Å². The van der Waals surface area contributed by atoms with Crippen LogP contribution in [0.3, 0.4) is 0 Å². The Hall–Kier alpha value is -0.520. The van der Waals surface area contributed by atoms with E-state index in [4.69, 9.17) is 0 Å². The maximum absolute atomic E-state index is 2.29. The lowest BCUT2D eigenvalue weighted by Crippen LogP contribution is -1.78. The average Bonchev–Trinajstić information content (AvgIpc) is 2.26. The summed E-state index contributed by atoms with van der Waals surface area (Å²) in [6.45, 7) is 4.44. The van der Waals surface area contributed by atoms with Crippen molar-refractivity contribution in [2.45, 2.75) is 71.6 Å². The molecule has 0 amide bonds. The molecule has 0 saturated carbocycles. The van der Waals surface area contributed by atoms with Gasteiger partial charge in [0.2, 0.25) is 0 Å². The van der Waals surface area contributed by atoms with Crippen LogP contribution in [-0.2, 0) is 0 Å². The molecule has 0 aliphatic rings. The van der Waals surface area contributed by atoms with Gasteiger partial charge < -0.3 is 0 Å². The second-order valence-electron chi connectivity index (χ2n) is 4.17. The standard InChI is InChI=1S/C15H28/c1-3-5-7-9-11-13-15-14-12-10-8-6-4-2/h5,7,9,11H,3-4,6,8,10,12-15H2,1-2H3/b7-5+,11-9+. The number of rotatable bonds is 10. The molecule has 0 unspecified atom stereocenters. The molecule has 0 spiro atoms.